The quantitative estimate of drug-likeness (QED) is 0.921. The van der Waals surface area contributed by atoms with E-state index in [0.717, 1.165) is 0 Å². The van der Waals surface area contributed by atoms with Gasteiger partial charge in [-0.2, -0.15) is 0 Å². The Hall–Kier alpha value is -2.69. The molecule has 0 spiro atoms. The van der Waals surface area contributed by atoms with Gasteiger partial charge < -0.3 is 9.84 Å². The predicted octanol–water partition coefficient (Wildman–Crippen LogP) is 3.25. The molecule has 0 radical (unpaired) electrons. The van der Waals surface area contributed by atoms with E-state index in [0.29, 0.717) is 17.0 Å². The Morgan fingerprint density at radius 2 is 2.00 bits per heavy atom. The first-order valence-electron chi connectivity index (χ1n) is 6.37. The van der Waals surface area contributed by atoms with Gasteiger partial charge >= 0.3 is 0 Å². The third-order valence-corrected chi connectivity index (χ3v) is 3.39. The molecule has 2 aromatic rings. The number of methoxy groups -OCH3 is 1. The van der Waals surface area contributed by atoms with Gasteiger partial charge in [0.25, 0.3) is 0 Å². The number of hydrogen-bond donors (Lipinski definition) is 1. The van der Waals surface area contributed by atoms with Crippen LogP contribution >= 0.6 is 0 Å². The van der Waals surface area contributed by atoms with Gasteiger partial charge in [-0.15, -0.1) is 0 Å². The molecule has 0 atom stereocenters. The summed E-state index contributed by atoms with van der Waals surface area (Å²) in [5.74, 6) is -0.747. The van der Waals surface area contributed by atoms with Gasteiger partial charge in [0.1, 0.15) is 5.82 Å². The van der Waals surface area contributed by atoms with Crippen LogP contribution in [-0.2, 0) is 0 Å². The molecule has 0 amide bonds. The highest BCUT2D eigenvalue weighted by molar-refractivity contribution is 6.22. The molecule has 5 heteroatoms. The molecule has 1 aliphatic rings. The summed E-state index contributed by atoms with van der Waals surface area (Å²) in [5.41, 5.74) is 1.10. The molecule has 0 saturated carbocycles. The molecule has 4 nitrogen and oxygen atoms in total. The summed E-state index contributed by atoms with van der Waals surface area (Å²) in [4.78, 5) is 16.6. The van der Waals surface area contributed by atoms with Crippen molar-refractivity contribution in [3.63, 3.8) is 0 Å². The Kier molecular flexibility index (Phi) is 3.17. The van der Waals surface area contributed by atoms with E-state index >= 15 is 0 Å². The number of phenolic OH excluding ortho intramolecular Hbond substituents is 1. The number of aliphatic imine (C=N–C) groups is 1. The van der Waals surface area contributed by atoms with Crippen molar-refractivity contribution >= 4 is 17.2 Å². The Bertz CT molecular complexity index is 768. The number of aromatic hydroxyl groups is 1. The second-order valence-electron chi connectivity index (χ2n) is 4.65. The maximum Gasteiger partial charge on any atom is 0.174 e. The topological polar surface area (TPSA) is 58.9 Å². The Labute approximate surface area is 120 Å². The Morgan fingerprint density at radius 1 is 1.24 bits per heavy atom. The number of nitrogens with zero attached hydrogens (tertiary/aromatic N) is 1. The number of phenols is 1. The summed E-state index contributed by atoms with van der Waals surface area (Å²) >= 11 is 0. The monoisotopic (exact) mass is 285 g/mol. The molecule has 1 N–H and O–H groups in total. The number of ether oxygens (including phenoxy) is 1. The van der Waals surface area contributed by atoms with E-state index in [9.17, 15) is 14.3 Å². The molecule has 1 aliphatic heterocycles. The van der Waals surface area contributed by atoms with Crippen molar-refractivity contribution in [3.8, 4) is 11.5 Å². The molecule has 0 aliphatic carbocycles. The second kappa shape index (κ2) is 5.01. The van der Waals surface area contributed by atoms with Crippen molar-refractivity contribution < 1.29 is 19.0 Å². The molecule has 1 heterocycles. The van der Waals surface area contributed by atoms with Crippen molar-refractivity contribution in [3.05, 3.63) is 53.3 Å². The molecule has 2 aromatic carbocycles. The first-order valence-corrected chi connectivity index (χ1v) is 6.37. The smallest absolute Gasteiger partial charge is 0.174 e. The van der Waals surface area contributed by atoms with E-state index in [1.807, 2.05) is 0 Å². The number of hydrogen-bond acceptors (Lipinski definition) is 4. The van der Waals surface area contributed by atoms with Gasteiger partial charge in [0.15, 0.2) is 17.3 Å². The summed E-state index contributed by atoms with van der Waals surface area (Å²) in [5, 5.41) is 10.0. The SMILES string of the molecule is COc1ccc2c(c1O)C(=O)CC(c1ccccc1F)=N2. The summed E-state index contributed by atoms with van der Waals surface area (Å²) < 4.78 is 18.8. The van der Waals surface area contributed by atoms with E-state index < -0.39 is 5.82 Å². The summed E-state index contributed by atoms with van der Waals surface area (Å²) in [6.45, 7) is 0. The van der Waals surface area contributed by atoms with E-state index in [-0.39, 0.29) is 29.3 Å². The lowest BCUT2D eigenvalue weighted by Gasteiger charge is -2.17. The third kappa shape index (κ3) is 2.16. The number of carbonyl (C=O) groups excluding carboxylic acids is 1. The van der Waals surface area contributed by atoms with Crippen LogP contribution in [-0.4, -0.2) is 23.7 Å². The lowest BCUT2D eigenvalue weighted by molar-refractivity contribution is 0.0996. The lowest BCUT2D eigenvalue weighted by Crippen LogP contribution is -2.16. The number of Topliss-reactive ketones (excluding diaryl/α,β-unsaturated/α-hetero) is 1. The van der Waals surface area contributed by atoms with Crippen LogP contribution in [0.25, 0.3) is 0 Å². The number of halogens is 1. The van der Waals surface area contributed by atoms with Crippen LogP contribution < -0.4 is 4.74 Å². The third-order valence-electron chi connectivity index (χ3n) is 3.39. The fraction of sp³-hybridized carbons (Fsp3) is 0.125. The molecule has 3 rings (SSSR count). The van der Waals surface area contributed by atoms with Crippen LogP contribution in [0.5, 0.6) is 11.5 Å². The number of carbonyl (C=O) groups is 1. The van der Waals surface area contributed by atoms with Crippen molar-refractivity contribution in [1.82, 2.24) is 0 Å². The van der Waals surface area contributed by atoms with Crippen molar-refractivity contribution in [2.24, 2.45) is 4.99 Å². The minimum atomic E-state index is -0.426. The van der Waals surface area contributed by atoms with Gasteiger partial charge in [-0.05, 0) is 18.2 Å². The highest BCUT2D eigenvalue weighted by Gasteiger charge is 2.27. The molecule has 0 fully saturated rings. The van der Waals surface area contributed by atoms with Gasteiger partial charge in [0, 0.05) is 5.56 Å². The fourth-order valence-corrected chi connectivity index (χ4v) is 2.37. The maximum atomic E-state index is 13.8. The first kappa shape index (κ1) is 13.3. The maximum absolute atomic E-state index is 13.8. The molecule has 0 saturated heterocycles. The predicted molar refractivity (Wildman–Crippen MR) is 76.2 cm³/mol. The van der Waals surface area contributed by atoms with E-state index in [2.05, 4.69) is 4.99 Å². The van der Waals surface area contributed by atoms with Crippen molar-refractivity contribution in [2.45, 2.75) is 6.42 Å². The van der Waals surface area contributed by atoms with Crippen LogP contribution in [0, 0.1) is 5.82 Å². The largest absolute Gasteiger partial charge is 0.504 e. The zero-order valence-corrected chi connectivity index (χ0v) is 11.3. The molecular weight excluding hydrogens is 273 g/mol. The van der Waals surface area contributed by atoms with Crippen LogP contribution in [0.2, 0.25) is 0 Å². The zero-order chi connectivity index (χ0) is 15.0. The number of fused-ring (bicyclic) bond motifs is 1. The number of ketones is 1. The van der Waals surface area contributed by atoms with E-state index in [1.54, 1.807) is 24.3 Å². The average molecular weight is 285 g/mol. The molecular formula is C16H12FNO3. The van der Waals surface area contributed by atoms with Crippen molar-refractivity contribution in [1.29, 1.82) is 0 Å². The summed E-state index contributed by atoms with van der Waals surface area (Å²) in [6.07, 6.45) is -0.0609. The van der Waals surface area contributed by atoms with Gasteiger partial charge in [-0.3, -0.25) is 9.79 Å². The Balaban J connectivity index is 2.16. The molecule has 0 bridgehead atoms. The first-order chi connectivity index (χ1) is 10.1. The van der Waals surface area contributed by atoms with Crippen LogP contribution in [0.3, 0.4) is 0 Å². The average Bonchev–Trinajstić information content (AvgIpc) is 2.47. The van der Waals surface area contributed by atoms with E-state index in [4.69, 9.17) is 4.74 Å². The molecule has 21 heavy (non-hydrogen) atoms. The van der Waals surface area contributed by atoms with Gasteiger partial charge in [0.2, 0.25) is 0 Å². The molecule has 0 unspecified atom stereocenters. The standard InChI is InChI=1S/C16H12FNO3/c1-21-14-7-6-11-15(16(14)20)13(19)8-12(18-11)9-4-2-3-5-10(9)17/h2-7,20H,8H2,1H3. The highest BCUT2D eigenvalue weighted by atomic mass is 19.1. The number of benzene rings is 2. The summed E-state index contributed by atoms with van der Waals surface area (Å²) in [7, 11) is 1.41. The second-order valence-corrected chi connectivity index (χ2v) is 4.65. The normalized spacial score (nSPS) is 13.6. The zero-order valence-electron chi connectivity index (χ0n) is 11.3. The molecule has 106 valence electrons. The minimum Gasteiger partial charge on any atom is -0.504 e. The van der Waals surface area contributed by atoms with Gasteiger partial charge in [-0.1, -0.05) is 18.2 Å². The van der Waals surface area contributed by atoms with Crippen molar-refractivity contribution in [2.75, 3.05) is 7.11 Å². The van der Waals surface area contributed by atoms with Gasteiger partial charge in [-0.25, -0.2) is 4.39 Å². The Morgan fingerprint density at radius 3 is 2.71 bits per heavy atom. The summed E-state index contributed by atoms with van der Waals surface area (Å²) in [6, 6.07) is 9.27. The lowest BCUT2D eigenvalue weighted by atomic mass is 9.95. The van der Waals surface area contributed by atoms with Crippen LogP contribution in [0.1, 0.15) is 22.3 Å². The number of rotatable bonds is 2. The van der Waals surface area contributed by atoms with E-state index in [1.165, 1.54) is 19.2 Å². The van der Waals surface area contributed by atoms with Crippen LogP contribution in [0.4, 0.5) is 10.1 Å². The van der Waals surface area contributed by atoms with Gasteiger partial charge in [0.05, 0.1) is 30.5 Å². The highest BCUT2D eigenvalue weighted by Crippen LogP contribution is 2.40. The minimum absolute atomic E-state index is 0.0609. The fourth-order valence-electron chi connectivity index (χ4n) is 2.37. The van der Waals surface area contributed by atoms with Crippen LogP contribution in [0.15, 0.2) is 41.4 Å². The molecule has 0 aromatic heterocycles.